The molecular weight excluding hydrogens is 688 g/mol. The molecule has 54 heavy (non-hydrogen) atoms. The van der Waals surface area contributed by atoms with Gasteiger partial charge in [-0.2, -0.15) is 0 Å². The zero-order valence-corrected chi connectivity index (χ0v) is 33.9. The lowest BCUT2D eigenvalue weighted by Gasteiger charge is -2.26. The summed E-state index contributed by atoms with van der Waals surface area (Å²) in [5.41, 5.74) is -0.698. The van der Waals surface area contributed by atoms with Crippen LogP contribution in [0.1, 0.15) is 149 Å². The molecule has 0 bridgehead atoms. The van der Waals surface area contributed by atoms with Crippen LogP contribution in [0.25, 0.3) is 0 Å². The smallest absolute Gasteiger partial charge is 0.330 e. The average Bonchev–Trinajstić information content (AvgIpc) is 3.18. The van der Waals surface area contributed by atoms with Gasteiger partial charge in [-0.25, -0.2) is 9.59 Å². The summed E-state index contributed by atoms with van der Waals surface area (Å²) in [5.74, 6) is -1.87. The molecule has 0 saturated heterocycles. The quantitative estimate of drug-likeness (QED) is 0.0884. The highest BCUT2D eigenvalue weighted by Crippen LogP contribution is 2.30. The van der Waals surface area contributed by atoms with Crippen molar-refractivity contribution in [1.82, 2.24) is 0 Å². The molecule has 8 N–H and O–H groups in total. The highest BCUT2D eigenvalue weighted by Gasteiger charge is 2.26. The first-order valence-corrected chi connectivity index (χ1v) is 20.2. The zero-order valence-electron chi connectivity index (χ0n) is 33.9. The Morgan fingerprint density at radius 1 is 0.426 bits per heavy atom. The van der Waals surface area contributed by atoms with Crippen molar-refractivity contribution in [2.75, 3.05) is 39.6 Å². The normalized spacial score (nSPS) is 19.8. The maximum Gasteiger partial charge on any atom is 0.330 e. The molecule has 0 aromatic rings. The van der Waals surface area contributed by atoms with Crippen molar-refractivity contribution >= 4 is 11.9 Å². The number of hydrogen-bond donors (Lipinski definition) is 8. The Kier molecular flexibility index (Phi) is 33.4. The number of aliphatic hydroxyl groups is 6. The van der Waals surface area contributed by atoms with Gasteiger partial charge in [-0.15, -0.1) is 0 Å². The standard InChI is InChI=1S/3C12H22O2.2C4H6O2/c3*13-10-12(11-14)8-6-4-2-1-3-5-7-9-12;2*1-3(2)4(5)6/h3*6,8,13-14H,1-5,7,9-11H2;2*1H2,2H3,(H,5,6). The van der Waals surface area contributed by atoms with Crippen molar-refractivity contribution in [3.05, 3.63) is 60.8 Å². The topological polar surface area (TPSA) is 196 Å². The van der Waals surface area contributed by atoms with Gasteiger partial charge in [0.1, 0.15) is 0 Å². The highest BCUT2D eigenvalue weighted by atomic mass is 16.4. The minimum atomic E-state index is -0.935. The second-order valence-electron chi connectivity index (χ2n) is 15.3. The number of aliphatic carboxylic acids is 2. The molecule has 10 heteroatoms. The summed E-state index contributed by atoms with van der Waals surface area (Å²) >= 11 is 0. The van der Waals surface area contributed by atoms with Gasteiger partial charge in [0.05, 0.1) is 39.6 Å². The first-order chi connectivity index (χ1) is 25.8. The Labute approximate surface area is 327 Å². The van der Waals surface area contributed by atoms with Crippen LogP contribution in [0.15, 0.2) is 60.8 Å². The molecule has 0 spiro atoms. The van der Waals surface area contributed by atoms with Gasteiger partial charge in [-0.05, 0) is 71.6 Å². The molecule has 0 aromatic heterocycles. The van der Waals surface area contributed by atoms with Crippen LogP contribution in [0, 0.1) is 16.2 Å². The van der Waals surface area contributed by atoms with Crippen molar-refractivity contribution in [3.8, 4) is 0 Å². The molecular formula is C44H78O10. The molecule has 3 aliphatic carbocycles. The van der Waals surface area contributed by atoms with Gasteiger partial charge in [-0.3, -0.25) is 0 Å². The van der Waals surface area contributed by atoms with E-state index in [0.29, 0.717) is 0 Å². The van der Waals surface area contributed by atoms with Crippen LogP contribution in [-0.2, 0) is 9.59 Å². The predicted octanol–water partition coefficient (Wildman–Crippen LogP) is 8.07. The van der Waals surface area contributed by atoms with Crippen LogP contribution in [0.5, 0.6) is 0 Å². The third-order valence-electron chi connectivity index (χ3n) is 10.2. The first-order valence-electron chi connectivity index (χ1n) is 20.2. The van der Waals surface area contributed by atoms with Gasteiger partial charge in [0.2, 0.25) is 0 Å². The fourth-order valence-electron chi connectivity index (χ4n) is 6.00. The van der Waals surface area contributed by atoms with Gasteiger partial charge >= 0.3 is 11.9 Å². The molecule has 0 fully saturated rings. The van der Waals surface area contributed by atoms with Gasteiger partial charge in [0.15, 0.2) is 0 Å². The van der Waals surface area contributed by atoms with E-state index in [2.05, 4.69) is 31.4 Å². The number of carboxylic acid groups (broad SMARTS) is 2. The maximum atomic E-state index is 9.60. The molecule has 3 aliphatic rings. The molecule has 0 radical (unpaired) electrons. The third kappa shape index (κ3) is 27.1. The number of rotatable bonds is 8. The fraction of sp³-hybridized carbons (Fsp3) is 0.727. The Morgan fingerprint density at radius 2 is 0.611 bits per heavy atom. The van der Waals surface area contributed by atoms with E-state index in [4.69, 9.17) is 10.2 Å². The summed E-state index contributed by atoms with van der Waals surface area (Å²) in [4.78, 5) is 19.2. The van der Waals surface area contributed by atoms with Gasteiger partial charge in [0, 0.05) is 27.4 Å². The van der Waals surface area contributed by atoms with Crippen LogP contribution >= 0.6 is 0 Å². The van der Waals surface area contributed by atoms with Crippen molar-refractivity contribution in [2.24, 2.45) is 16.2 Å². The molecule has 314 valence electrons. The number of hydrogen-bond acceptors (Lipinski definition) is 8. The largest absolute Gasteiger partial charge is 0.478 e. The second-order valence-corrected chi connectivity index (χ2v) is 15.3. The van der Waals surface area contributed by atoms with E-state index in [0.717, 1.165) is 57.8 Å². The summed E-state index contributed by atoms with van der Waals surface area (Å²) in [5, 5.41) is 71.6. The van der Waals surface area contributed by atoms with Crippen molar-refractivity contribution < 1.29 is 50.4 Å². The summed E-state index contributed by atoms with van der Waals surface area (Å²) in [6, 6.07) is 0. The van der Waals surface area contributed by atoms with Crippen LogP contribution in [-0.4, -0.2) is 92.4 Å². The molecule has 0 amide bonds. The van der Waals surface area contributed by atoms with Crippen LogP contribution in [0.2, 0.25) is 0 Å². The van der Waals surface area contributed by atoms with E-state index in [1.54, 1.807) is 0 Å². The molecule has 0 unspecified atom stereocenters. The molecule has 0 heterocycles. The Bertz CT molecular complexity index is 922. The van der Waals surface area contributed by atoms with Gasteiger partial charge in [0.25, 0.3) is 0 Å². The predicted molar refractivity (Wildman–Crippen MR) is 219 cm³/mol. The summed E-state index contributed by atoms with van der Waals surface area (Å²) < 4.78 is 0. The Balaban J connectivity index is 0. The van der Waals surface area contributed by atoms with E-state index in [9.17, 15) is 40.2 Å². The van der Waals surface area contributed by atoms with Crippen molar-refractivity contribution in [2.45, 2.75) is 149 Å². The number of allylic oxidation sites excluding steroid dienone is 3. The van der Waals surface area contributed by atoms with E-state index in [-0.39, 0.29) is 67.0 Å². The third-order valence-corrected chi connectivity index (χ3v) is 10.2. The second kappa shape index (κ2) is 33.7. The lowest BCUT2D eigenvalue weighted by atomic mass is 9.82. The molecule has 0 saturated carbocycles. The molecule has 3 rings (SSSR count). The summed E-state index contributed by atoms with van der Waals surface area (Å²) in [7, 11) is 0. The Morgan fingerprint density at radius 3 is 0.796 bits per heavy atom. The Hall–Kier alpha value is -2.60. The van der Waals surface area contributed by atoms with E-state index in [1.807, 2.05) is 18.2 Å². The SMILES string of the molecule is C=C(C)C(=O)O.C=C(C)C(=O)O.OCC1(CO)C=CCCCCCCC1.OCC1(CO)C=CCCCCCCC1.OCC1(CO)C=CCCCCCCC1. The van der Waals surface area contributed by atoms with Gasteiger partial charge < -0.3 is 40.9 Å². The lowest BCUT2D eigenvalue weighted by Crippen LogP contribution is -2.27. The number of aliphatic hydroxyl groups excluding tert-OH is 6. The molecule has 0 aliphatic heterocycles. The summed E-state index contributed by atoms with van der Waals surface area (Å²) in [6.07, 6.45) is 37.0. The fourth-order valence-corrected chi connectivity index (χ4v) is 6.00. The molecule has 0 aromatic carbocycles. The monoisotopic (exact) mass is 767 g/mol. The molecule has 0 atom stereocenters. The van der Waals surface area contributed by atoms with Crippen LogP contribution < -0.4 is 0 Å². The van der Waals surface area contributed by atoms with Crippen LogP contribution in [0.4, 0.5) is 0 Å². The maximum absolute atomic E-state index is 9.60. The number of carboxylic acids is 2. The zero-order chi connectivity index (χ0) is 41.1. The van der Waals surface area contributed by atoms with E-state index >= 15 is 0 Å². The highest BCUT2D eigenvalue weighted by molar-refractivity contribution is 5.85. The van der Waals surface area contributed by atoms with Gasteiger partial charge in [-0.1, -0.05) is 127 Å². The van der Waals surface area contributed by atoms with Crippen molar-refractivity contribution in [1.29, 1.82) is 0 Å². The lowest BCUT2D eigenvalue weighted by molar-refractivity contribution is -0.133. The van der Waals surface area contributed by atoms with Crippen molar-refractivity contribution in [3.63, 3.8) is 0 Å². The minimum Gasteiger partial charge on any atom is -0.478 e. The molecule has 10 nitrogen and oxygen atoms in total. The minimum absolute atomic E-state index is 0.0694. The average molecular weight is 767 g/mol. The van der Waals surface area contributed by atoms with E-state index < -0.39 is 11.9 Å². The van der Waals surface area contributed by atoms with Crippen LogP contribution in [0.3, 0.4) is 0 Å². The van der Waals surface area contributed by atoms with E-state index in [1.165, 1.54) is 90.9 Å². The number of carbonyl (C=O) groups is 2. The first kappa shape index (κ1) is 53.5. The summed E-state index contributed by atoms with van der Waals surface area (Å²) in [6.45, 7) is 9.62.